The molecule has 1 fully saturated rings. The summed E-state index contributed by atoms with van der Waals surface area (Å²) >= 11 is 0. The maximum atomic E-state index is 12.3. The van der Waals surface area contributed by atoms with Crippen LogP contribution in [0.3, 0.4) is 0 Å². The van der Waals surface area contributed by atoms with Crippen molar-refractivity contribution in [2.24, 2.45) is 11.7 Å². The van der Waals surface area contributed by atoms with E-state index in [1.54, 1.807) is 4.90 Å². The molecular formula is C16H25ClN2O2. The molecule has 0 saturated carbocycles. The fraction of sp³-hybridized carbons (Fsp3) is 0.562. The van der Waals surface area contributed by atoms with E-state index in [4.69, 9.17) is 10.5 Å². The van der Waals surface area contributed by atoms with Crippen LogP contribution in [0.25, 0.3) is 0 Å². The molecule has 1 aliphatic heterocycles. The van der Waals surface area contributed by atoms with Gasteiger partial charge in [0.15, 0.2) is 0 Å². The van der Waals surface area contributed by atoms with Crippen LogP contribution in [0.4, 0.5) is 0 Å². The first kappa shape index (κ1) is 18.0. The molecule has 0 spiro atoms. The number of nitrogens with two attached hydrogens (primary N) is 1. The predicted molar refractivity (Wildman–Crippen MR) is 86.5 cm³/mol. The molecule has 2 N–H and O–H groups in total. The van der Waals surface area contributed by atoms with Gasteiger partial charge in [0, 0.05) is 20.2 Å². The molecule has 1 aromatic rings. The number of hydrogen-bond acceptors (Lipinski definition) is 3. The van der Waals surface area contributed by atoms with Crippen LogP contribution in [0.5, 0.6) is 0 Å². The normalized spacial score (nSPS) is 19.4. The maximum absolute atomic E-state index is 12.3. The Morgan fingerprint density at radius 2 is 2.14 bits per heavy atom. The highest BCUT2D eigenvalue weighted by molar-refractivity contribution is 5.85. The van der Waals surface area contributed by atoms with Crippen molar-refractivity contribution in [3.63, 3.8) is 0 Å². The summed E-state index contributed by atoms with van der Waals surface area (Å²) in [6.07, 6.45) is 2.81. The molecule has 1 aliphatic rings. The van der Waals surface area contributed by atoms with E-state index < -0.39 is 6.04 Å². The van der Waals surface area contributed by atoms with Gasteiger partial charge in [-0.3, -0.25) is 4.79 Å². The van der Waals surface area contributed by atoms with E-state index in [9.17, 15) is 4.79 Å². The summed E-state index contributed by atoms with van der Waals surface area (Å²) in [5.41, 5.74) is 7.13. The van der Waals surface area contributed by atoms with Crippen LogP contribution < -0.4 is 5.73 Å². The number of ether oxygens (including phenoxy) is 1. The van der Waals surface area contributed by atoms with E-state index in [1.807, 2.05) is 37.4 Å². The molecule has 1 aromatic carbocycles. The lowest BCUT2D eigenvalue weighted by Gasteiger charge is -2.28. The summed E-state index contributed by atoms with van der Waals surface area (Å²) in [5, 5.41) is 0. The minimum Gasteiger partial charge on any atom is -0.381 e. The molecule has 0 bridgehead atoms. The second kappa shape index (κ2) is 9.03. The number of likely N-dealkylation sites (N-methyl/N-ethyl adjacent to an activating group) is 1. The number of benzene rings is 1. The monoisotopic (exact) mass is 312 g/mol. The van der Waals surface area contributed by atoms with Crippen LogP contribution in [0, 0.1) is 5.92 Å². The minimum absolute atomic E-state index is 0. The quantitative estimate of drug-likeness (QED) is 0.903. The molecule has 1 amide bonds. The molecular weight excluding hydrogens is 288 g/mol. The molecule has 118 valence electrons. The Kier molecular flexibility index (Phi) is 7.72. The number of nitrogens with zero attached hydrogens (tertiary/aromatic N) is 1. The second-order valence-electron chi connectivity index (χ2n) is 5.60. The molecule has 2 atom stereocenters. The van der Waals surface area contributed by atoms with Crippen molar-refractivity contribution in [2.75, 3.05) is 26.8 Å². The van der Waals surface area contributed by atoms with Gasteiger partial charge in [-0.05, 0) is 30.7 Å². The Balaban J connectivity index is 0.00000220. The van der Waals surface area contributed by atoms with Gasteiger partial charge in [-0.15, -0.1) is 12.4 Å². The molecule has 0 aromatic heterocycles. The predicted octanol–water partition coefficient (Wildman–Crippen LogP) is 1.86. The van der Waals surface area contributed by atoms with E-state index in [1.165, 1.54) is 0 Å². The van der Waals surface area contributed by atoms with Crippen LogP contribution in [0.15, 0.2) is 30.3 Å². The van der Waals surface area contributed by atoms with Crippen molar-refractivity contribution in [3.05, 3.63) is 35.9 Å². The first-order chi connectivity index (χ1) is 9.66. The molecule has 1 saturated heterocycles. The van der Waals surface area contributed by atoms with E-state index in [0.717, 1.165) is 38.2 Å². The number of halogens is 1. The number of hydrogen-bond donors (Lipinski definition) is 1. The highest BCUT2D eigenvalue weighted by Crippen LogP contribution is 2.15. The number of carbonyl (C=O) groups excluding carboxylic acids is 1. The van der Waals surface area contributed by atoms with Gasteiger partial charge >= 0.3 is 0 Å². The SMILES string of the molecule is CN(CC1CCCOC1)C(=O)[C@@H](N)Cc1ccccc1.Cl. The molecule has 5 heteroatoms. The zero-order valence-electron chi connectivity index (χ0n) is 12.5. The summed E-state index contributed by atoms with van der Waals surface area (Å²) in [6.45, 7) is 2.34. The van der Waals surface area contributed by atoms with E-state index in [-0.39, 0.29) is 18.3 Å². The smallest absolute Gasteiger partial charge is 0.239 e. The average molecular weight is 313 g/mol. The van der Waals surface area contributed by atoms with Gasteiger partial charge in [0.2, 0.25) is 5.91 Å². The van der Waals surface area contributed by atoms with Gasteiger partial charge in [-0.2, -0.15) is 0 Å². The van der Waals surface area contributed by atoms with Crippen LogP contribution in [-0.4, -0.2) is 43.7 Å². The lowest BCUT2D eigenvalue weighted by molar-refractivity contribution is -0.132. The average Bonchev–Trinajstić information content (AvgIpc) is 2.48. The van der Waals surface area contributed by atoms with E-state index >= 15 is 0 Å². The van der Waals surface area contributed by atoms with Crippen molar-refractivity contribution in [1.29, 1.82) is 0 Å². The highest BCUT2D eigenvalue weighted by atomic mass is 35.5. The fourth-order valence-corrected chi connectivity index (χ4v) is 2.67. The van der Waals surface area contributed by atoms with E-state index in [0.29, 0.717) is 12.3 Å². The van der Waals surface area contributed by atoms with Crippen molar-refractivity contribution in [2.45, 2.75) is 25.3 Å². The van der Waals surface area contributed by atoms with Crippen LogP contribution in [0.2, 0.25) is 0 Å². The first-order valence-electron chi connectivity index (χ1n) is 7.29. The third-order valence-corrected chi connectivity index (χ3v) is 3.78. The van der Waals surface area contributed by atoms with Crippen molar-refractivity contribution in [1.82, 2.24) is 4.90 Å². The lowest BCUT2D eigenvalue weighted by atomic mass is 10.0. The summed E-state index contributed by atoms with van der Waals surface area (Å²) in [7, 11) is 1.84. The molecule has 4 nitrogen and oxygen atoms in total. The van der Waals surface area contributed by atoms with Crippen LogP contribution in [-0.2, 0) is 16.0 Å². The van der Waals surface area contributed by atoms with Crippen molar-refractivity contribution in [3.8, 4) is 0 Å². The Labute approximate surface area is 133 Å². The van der Waals surface area contributed by atoms with Gasteiger partial charge in [-0.1, -0.05) is 30.3 Å². The number of rotatable bonds is 5. The zero-order chi connectivity index (χ0) is 14.4. The Hall–Kier alpha value is -1.10. The topological polar surface area (TPSA) is 55.6 Å². The third kappa shape index (κ3) is 5.65. The van der Waals surface area contributed by atoms with Crippen LogP contribution >= 0.6 is 12.4 Å². The van der Waals surface area contributed by atoms with Gasteiger partial charge in [0.1, 0.15) is 0 Å². The third-order valence-electron chi connectivity index (χ3n) is 3.78. The minimum atomic E-state index is -0.466. The molecule has 2 rings (SSSR count). The molecule has 0 radical (unpaired) electrons. The summed E-state index contributed by atoms with van der Waals surface area (Å²) < 4.78 is 5.45. The molecule has 1 heterocycles. The fourth-order valence-electron chi connectivity index (χ4n) is 2.67. The summed E-state index contributed by atoms with van der Waals surface area (Å²) in [4.78, 5) is 14.0. The van der Waals surface area contributed by atoms with E-state index in [2.05, 4.69) is 0 Å². The Morgan fingerprint density at radius 1 is 1.43 bits per heavy atom. The molecule has 21 heavy (non-hydrogen) atoms. The summed E-state index contributed by atoms with van der Waals surface area (Å²) in [5.74, 6) is 0.459. The first-order valence-corrected chi connectivity index (χ1v) is 7.29. The standard InChI is InChI=1S/C16H24N2O2.ClH/c1-18(11-14-8-5-9-20-12-14)16(19)15(17)10-13-6-3-2-4-7-13;/h2-4,6-7,14-15H,5,8-12,17H2,1H3;1H/t14?,15-;/m0./s1. The molecule has 0 aliphatic carbocycles. The number of amides is 1. The largest absolute Gasteiger partial charge is 0.381 e. The highest BCUT2D eigenvalue weighted by Gasteiger charge is 2.22. The summed E-state index contributed by atoms with van der Waals surface area (Å²) in [6, 6.07) is 9.44. The number of carbonyl (C=O) groups is 1. The van der Waals surface area contributed by atoms with Gasteiger partial charge < -0.3 is 15.4 Å². The second-order valence-corrected chi connectivity index (χ2v) is 5.60. The van der Waals surface area contributed by atoms with Gasteiger partial charge in [-0.25, -0.2) is 0 Å². The van der Waals surface area contributed by atoms with Crippen LogP contribution in [0.1, 0.15) is 18.4 Å². The molecule has 1 unspecified atom stereocenters. The lowest BCUT2D eigenvalue weighted by Crippen LogP contribution is -2.45. The Morgan fingerprint density at radius 3 is 2.76 bits per heavy atom. The van der Waals surface area contributed by atoms with Crippen molar-refractivity contribution < 1.29 is 9.53 Å². The zero-order valence-corrected chi connectivity index (χ0v) is 13.3. The van der Waals surface area contributed by atoms with Crippen molar-refractivity contribution >= 4 is 18.3 Å². The maximum Gasteiger partial charge on any atom is 0.239 e. The van der Waals surface area contributed by atoms with Gasteiger partial charge in [0.25, 0.3) is 0 Å². The Bertz CT molecular complexity index is 422. The van der Waals surface area contributed by atoms with Gasteiger partial charge in [0.05, 0.1) is 12.6 Å².